The van der Waals surface area contributed by atoms with Gasteiger partial charge in [-0.25, -0.2) is 4.57 Å². The van der Waals surface area contributed by atoms with Crippen LogP contribution in [-0.4, -0.2) is 4.57 Å². The fraction of sp³-hybridized carbons (Fsp3) is 0.211. The number of aromatic nitrogens is 2. The molecule has 106 valence electrons. The second-order valence-electron chi connectivity index (χ2n) is 5.58. The molecule has 0 aliphatic carbocycles. The van der Waals surface area contributed by atoms with Gasteiger partial charge in [0.05, 0.1) is 12.5 Å². The monoisotopic (exact) mass is 277 g/mol. The minimum atomic E-state index is 0.452. The third-order valence-corrected chi connectivity index (χ3v) is 3.75. The normalized spacial score (nSPS) is 11.0. The molecule has 21 heavy (non-hydrogen) atoms. The van der Waals surface area contributed by atoms with Gasteiger partial charge in [0.25, 0.3) is 5.82 Å². The maximum atomic E-state index is 2.35. The molecule has 1 aromatic heterocycles. The van der Waals surface area contributed by atoms with Crippen molar-refractivity contribution < 1.29 is 4.57 Å². The van der Waals surface area contributed by atoms with Crippen LogP contribution in [0.1, 0.15) is 31.3 Å². The van der Waals surface area contributed by atoms with Crippen molar-refractivity contribution in [1.29, 1.82) is 0 Å². The highest BCUT2D eigenvalue weighted by Crippen LogP contribution is 2.14. The molecule has 1 heterocycles. The molecule has 2 heteroatoms. The number of para-hydroxylation sites is 1. The predicted molar refractivity (Wildman–Crippen MR) is 85.6 cm³/mol. The van der Waals surface area contributed by atoms with E-state index in [0.29, 0.717) is 6.04 Å². The third-order valence-electron chi connectivity index (χ3n) is 3.75. The molecule has 0 bridgehead atoms. The summed E-state index contributed by atoms with van der Waals surface area (Å²) in [5, 5.41) is 0. The number of hydrogen-bond acceptors (Lipinski definition) is 0. The Morgan fingerprint density at radius 3 is 2.14 bits per heavy atom. The van der Waals surface area contributed by atoms with E-state index in [4.69, 9.17) is 0 Å². The van der Waals surface area contributed by atoms with Gasteiger partial charge in [-0.15, -0.1) is 0 Å². The zero-order chi connectivity index (χ0) is 14.7. The van der Waals surface area contributed by atoms with E-state index in [1.54, 1.807) is 0 Å². The highest BCUT2D eigenvalue weighted by atomic mass is 15.2. The Bertz CT molecular complexity index is 697. The molecule has 0 radical (unpaired) electrons. The minimum absolute atomic E-state index is 0.452. The summed E-state index contributed by atoms with van der Waals surface area (Å²) in [7, 11) is 0. The number of nitrogens with zero attached hydrogens (tertiary/aromatic N) is 2. The number of benzene rings is 2. The Balaban J connectivity index is 2.06. The molecule has 3 rings (SSSR count). The van der Waals surface area contributed by atoms with Crippen molar-refractivity contribution in [3.05, 3.63) is 84.4 Å². The fourth-order valence-corrected chi connectivity index (χ4v) is 2.68. The minimum Gasteiger partial charge on any atom is -0.231 e. The Morgan fingerprint density at radius 2 is 1.52 bits per heavy atom. The summed E-state index contributed by atoms with van der Waals surface area (Å²) >= 11 is 0. The van der Waals surface area contributed by atoms with Crippen LogP contribution in [0.5, 0.6) is 0 Å². The van der Waals surface area contributed by atoms with Gasteiger partial charge in [0.15, 0.2) is 0 Å². The van der Waals surface area contributed by atoms with Crippen LogP contribution in [0.3, 0.4) is 0 Å². The molecule has 0 fully saturated rings. The molecule has 3 aromatic rings. The molecule has 0 amide bonds. The van der Waals surface area contributed by atoms with E-state index in [-0.39, 0.29) is 0 Å². The van der Waals surface area contributed by atoms with Gasteiger partial charge in [-0.3, -0.25) is 0 Å². The van der Waals surface area contributed by atoms with Crippen LogP contribution >= 0.6 is 0 Å². The van der Waals surface area contributed by atoms with Gasteiger partial charge in [0, 0.05) is 0 Å². The Morgan fingerprint density at radius 1 is 0.905 bits per heavy atom. The Labute approximate surface area is 126 Å². The lowest BCUT2D eigenvalue weighted by Crippen LogP contribution is -2.39. The summed E-state index contributed by atoms with van der Waals surface area (Å²) in [4.78, 5) is 0. The van der Waals surface area contributed by atoms with E-state index in [2.05, 4.69) is 96.0 Å². The summed E-state index contributed by atoms with van der Waals surface area (Å²) in [6.45, 7) is 4.45. The second-order valence-corrected chi connectivity index (χ2v) is 5.58. The van der Waals surface area contributed by atoms with Crippen molar-refractivity contribution in [2.24, 2.45) is 0 Å². The van der Waals surface area contributed by atoms with Crippen molar-refractivity contribution in [2.75, 3.05) is 0 Å². The summed E-state index contributed by atoms with van der Waals surface area (Å²) in [5.41, 5.74) is 2.55. The molecule has 0 spiro atoms. The molecule has 0 saturated carbocycles. The number of hydrogen-bond donors (Lipinski definition) is 0. The first-order valence-corrected chi connectivity index (χ1v) is 7.46. The highest BCUT2D eigenvalue weighted by Gasteiger charge is 2.20. The molecule has 0 N–H and O–H groups in total. The van der Waals surface area contributed by atoms with Crippen molar-refractivity contribution >= 4 is 0 Å². The Hall–Kier alpha value is -2.35. The first-order valence-electron chi connectivity index (χ1n) is 7.46. The molecule has 0 saturated heterocycles. The zero-order valence-corrected chi connectivity index (χ0v) is 12.6. The fourth-order valence-electron chi connectivity index (χ4n) is 2.68. The van der Waals surface area contributed by atoms with Crippen LogP contribution in [0.4, 0.5) is 0 Å². The first kappa shape index (κ1) is 13.6. The lowest BCUT2D eigenvalue weighted by Gasteiger charge is -2.08. The van der Waals surface area contributed by atoms with E-state index in [1.165, 1.54) is 17.1 Å². The number of imidazole rings is 1. The van der Waals surface area contributed by atoms with Gasteiger partial charge in [-0.1, -0.05) is 48.5 Å². The maximum Gasteiger partial charge on any atom is 0.266 e. The quantitative estimate of drug-likeness (QED) is 0.639. The van der Waals surface area contributed by atoms with E-state index < -0.39 is 0 Å². The van der Waals surface area contributed by atoms with Gasteiger partial charge in [-0.2, -0.15) is 4.57 Å². The van der Waals surface area contributed by atoms with E-state index in [1.807, 2.05) is 0 Å². The number of rotatable bonds is 4. The van der Waals surface area contributed by atoms with Crippen molar-refractivity contribution in [2.45, 2.75) is 26.3 Å². The molecule has 0 aliphatic heterocycles. The van der Waals surface area contributed by atoms with Gasteiger partial charge >= 0.3 is 0 Å². The summed E-state index contributed by atoms with van der Waals surface area (Å²) in [5.74, 6) is 1.31. The first-order chi connectivity index (χ1) is 10.3. The van der Waals surface area contributed by atoms with E-state index in [0.717, 1.165) is 6.42 Å². The molecule has 2 aromatic carbocycles. The molecular weight excluding hydrogens is 256 g/mol. The van der Waals surface area contributed by atoms with Crippen molar-refractivity contribution in [3.8, 4) is 5.69 Å². The van der Waals surface area contributed by atoms with Crippen LogP contribution in [-0.2, 0) is 6.42 Å². The van der Waals surface area contributed by atoms with Gasteiger partial charge in [-0.05, 0) is 31.5 Å². The third kappa shape index (κ3) is 2.89. The van der Waals surface area contributed by atoms with Crippen molar-refractivity contribution in [3.63, 3.8) is 0 Å². The van der Waals surface area contributed by atoms with E-state index in [9.17, 15) is 0 Å². The molecule has 2 nitrogen and oxygen atoms in total. The predicted octanol–water partition coefficient (Wildman–Crippen LogP) is 3.94. The maximum absolute atomic E-state index is 2.35. The zero-order valence-electron chi connectivity index (χ0n) is 12.6. The molecule has 0 unspecified atom stereocenters. The average molecular weight is 277 g/mol. The smallest absolute Gasteiger partial charge is 0.231 e. The van der Waals surface area contributed by atoms with E-state index >= 15 is 0 Å². The lowest BCUT2D eigenvalue weighted by molar-refractivity contribution is -0.722. The topological polar surface area (TPSA) is 8.81 Å². The molecule has 0 aliphatic rings. The van der Waals surface area contributed by atoms with Crippen molar-refractivity contribution in [1.82, 2.24) is 4.57 Å². The van der Waals surface area contributed by atoms with Crippen LogP contribution in [0.25, 0.3) is 5.69 Å². The standard InChI is InChI=1S/C19H21N2/c1-16(2)20-13-14-21(18-11-7-4-8-12-18)19(20)15-17-9-5-3-6-10-17/h3-14,16H,15H2,1-2H3/q+1. The van der Waals surface area contributed by atoms with Gasteiger partial charge < -0.3 is 0 Å². The van der Waals surface area contributed by atoms with Crippen LogP contribution < -0.4 is 4.57 Å². The average Bonchev–Trinajstić information content (AvgIpc) is 2.93. The van der Waals surface area contributed by atoms with Crippen LogP contribution in [0.2, 0.25) is 0 Å². The molecule has 0 atom stereocenters. The molecular formula is C19H21N2+. The SMILES string of the molecule is CC(C)[n+]1ccn(-c2ccccc2)c1Cc1ccccc1. The Kier molecular flexibility index (Phi) is 3.87. The summed E-state index contributed by atoms with van der Waals surface area (Å²) < 4.78 is 4.63. The largest absolute Gasteiger partial charge is 0.266 e. The van der Waals surface area contributed by atoms with Gasteiger partial charge in [0.1, 0.15) is 18.1 Å². The summed E-state index contributed by atoms with van der Waals surface area (Å²) in [6.07, 6.45) is 5.27. The summed E-state index contributed by atoms with van der Waals surface area (Å²) in [6, 6.07) is 21.6. The van der Waals surface area contributed by atoms with Crippen LogP contribution in [0, 0.1) is 0 Å². The van der Waals surface area contributed by atoms with Crippen LogP contribution in [0.15, 0.2) is 73.1 Å². The second kappa shape index (κ2) is 5.96. The highest BCUT2D eigenvalue weighted by molar-refractivity contribution is 5.33. The van der Waals surface area contributed by atoms with Gasteiger partial charge in [0.2, 0.25) is 0 Å². The lowest BCUT2D eigenvalue weighted by atomic mass is 10.1.